The smallest absolute Gasteiger partial charge is 0.312 e. The minimum absolute atomic E-state index is 0.124. The summed E-state index contributed by atoms with van der Waals surface area (Å²) in [5.74, 6) is -0.000356. The third-order valence-corrected chi connectivity index (χ3v) is 3.28. The number of nitro benzene ring substituents is 1. The summed E-state index contributed by atoms with van der Waals surface area (Å²) in [5, 5.41) is 21.2. The Bertz CT molecular complexity index is 763. The zero-order valence-electron chi connectivity index (χ0n) is 11.3. The monoisotopic (exact) mass is 340 g/mol. The lowest BCUT2D eigenvalue weighted by atomic mass is 10.2. The van der Waals surface area contributed by atoms with E-state index < -0.39 is 16.4 Å². The standard InChI is InChI=1S/C14H10Cl2N2O4/c1-22-13-3-2-10(6-11(13)16)17-7-8-4-9(15)5-12(14(8)19)18(20)21/h2-7,19H,1H3. The minimum Gasteiger partial charge on any atom is -0.502 e. The van der Waals surface area contributed by atoms with Crippen molar-refractivity contribution in [2.75, 3.05) is 7.11 Å². The van der Waals surface area contributed by atoms with Crippen molar-refractivity contribution in [3.8, 4) is 11.5 Å². The van der Waals surface area contributed by atoms with E-state index in [1.807, 2.05) is 0 Å². The summed E-state index contributed by atoms with van der Waals surface area (Å²) in [6, 6.07) is 7.29. The second kappa shape index (κ2) is 6.64. The molecule has 2 aromatic carbocycles. The summed E-state index contributed by atoms with van der Waals surface area (Å²) in [5.41, 5.74) is 0.140. The van der Waals surface area contributed by atoms with Gasteiger partial charge in [-0.05, 0) is 24.3 Å². The predicted octanol–water partition coefficient (Wildman–Crippen LogP) is 4.37. The average Bonchev–Trinajstić information content (AvgIpc) is 2.47. The van der Waals surface area contributed by atoms with Crippen LogP contribution in [0.25, 0.3) is 0 Å². The van der Waals surface area contributed by atoms with Crippen LogP contribution in [0.15, 0.2) is 35.3 Å². The number of hydrogen-bond donors (Lipinski definition) is 1. The molecule has 0 aliphatic carbocycles. The van der Waals surface area contributed by atoms with E-state index in [9.17, 15) is 15.2 Å². The SMILES string of the molecule is COc1ccc(N=Cc2cc(Cl)cc([N+](=O)[O-])c2O)cc1Cl. The number of phenolic OH excluding ortho intramolecular Hbond substituents is 1. The lowest BCUT2D eigenvalue weighted by Gasteiger charge is -2.03. The van der Waals surface area contributed by atoms with E-state index in [1.54, 1.807) is 18.2 Å². The van der Waals surface area contributed by atoms with E-state index >= 15 is 0 Å². The molecule has 0 aromatic heterocycles. The molecule has 0 unspecified atom stereocenters. The van der Waals surface area contributed by atoms with Gasteiger partial charge in [-0.2, -0.15) is 0 Å². The van der Waals surface area contributed by atoms with Crippen molar-refractivity contribution in [2.45, 2.75) is 0 Å². The highest BCUT2D eigenvalue weighted by Crippen LogP contribution is 2.33. The molecule has 0 saturated heterocycles. The van der Waals surface area contributed by atoms with Gasteiger partial charge in [0.05, 0.1) is 22.7 Å². The Kier molecular flexibility index (Phi) is 4.85. The maximum absolute atomic E-state index is 10.8. The number of aromatic hydroxyl groups is 1. The molecule has 2 aromatic rings. The van der Waals surface area contributed by atoms with Crippen molar-refractivity contribution >= 4 is 40.8 Å². The Balaban J connectivity index is 2.38. The molecule has 0 aliphatic heterocycles. The van der Waals surface area contributed by atoms with Gasteiger partial charge in [0.15, 0.2) is 0 Å². The van der Waals surface area contributed by atoms with Crippen LogP contribution in [0, 0.1) is 10.1 Å². The number of phenols is 1. The molecule has 0 aliphatic rings. The van der Waals surface area contributed by atoms with E-state index in [4.69, 9.17) is 27.9 Å². The maximum Gasteiger partial charge on any atom is 0.312 e. The molecule has 114 valence electrons. The molecule has 0 radical (unpaired) electrons. The summed E-state index contributed by atoms with van der Waals surface area (Å²) in [6.45, 7) is 0. The molecule has 0 fully saturated rings. The number of nitrogens with zero attached hydrogens (tertiary/aromatic N) is 2. The number of hydrogen-bond acceptors (Lipinski definition) is 5. The van der Waals surface area contributed by atoms with Gasteiger partial charge in [-0.1, -0.05) is 23.2 Å². The molecule has 6 nitrogen and oxygen atoms in total. The first-order chi connectivity index (χ1) is 10.4. The molecule has 8 heteroatoms. The molecular weight excluding hydrogens is 331 g/mol. The lowest BCUT2D eigenvalue weighted by Crippen LogP contribution is -1.92. The van der Waals surface area contributed by atoms with Crippen molar-refractivity contribution in [2.24, 2.45) is 4.99 Å². The first-order valence-electron chi connectivity index (χ1n) is 5.97. The fraction of sp³-hybridized carbons (Fsp3) is 0.0714. The minimum atomic E-state index is -0.719. The number of aliphatic imine (C=N–C) groups is 1. The predicted molar refractivity (Wildman–Crippen MR) is 85.0 cm³/mol. The topological polar surface area (TPSA) is 85.0 Å². The van der Waals surface area contributed by atoms with Crippen LogP contribution < -0.4 is 4.74 Å². The van der Waals surface area contributed by atoms with Crippen LogP contribution in [0.3, 0.4) is 0 Å². The normalized spacial score (nSPS) is 10.9. The van der Waals surface area contributed by atoms with Crippen molar-refractivity contribution in [3.63, 3.8) is 0 Å². The van der Waals surface area contributed by atoms with Crippen LogP contribution in [-0.4, -0.2) is 23.4 Å². The zero-order chi connectivity index (χ0) is 16.3. The van der Waals surface area contributed by atoms with E-state index in [0.717, 1.165) is 6.07 Å². The first-order valence-corrected chi connectivity index (χ1v) is 6.72. The third kappa shape index (κ3) is 3.47. The lowest BCUT2D eigenvalue weighted by molar-refractivity contribution is -0.385. The second-order valence-electron chi connectivity index (χ2n) is 4.20. The summed E-state index contributed by atoms with van der Waals surface area (Å²) in [6.07, 6.45) is 1.27. The van der Waals surface area contributed by atoms with E-state index in [0.29, 0.717) is 16.5 Å². The number of methoxy groups -OCH3 is 1. The Hall–Kier alpha value is -2.31. The number of benzene rings is 2. The Morgan fingerprint density at radius 2 is 2.05 bits per heavy atom. The van der Waals surface area contributed by atoms with Gasteiger partial charge in [-0.25, -0.2) is 0 Å². The van der Waals surface area contributed by atoms with Crippen molar-refractivity contribution < 1.29 is 14.8 Å². The summed E-state index contributed by atoms with van der Waals surface area (Å²) in [4.78, 5) is 14.2. The van der Waals surface area contributed by atoms with E-state index in [2.05, 4.69) is 4.99 Å². The van der Waals surface area contributed by atoms with Crippen LogP contribution >= 0.6 is 23.2 Å². The Morgan fingerprint density at radius 1 is 1.32 bits per heavy atom. The molecule has 0 atom stereocenters. The Morgan fingerprint density at radius 3 is 2.64 bits per heavy atom. The van der Waals surface area contributed by atoms with Gasteiger partial charge >= 0.3 is 5.69 Å². The van der Waals surface area contributed by atoms with E-state index in [-0.39, 0.29) is 10.6 Å². The molecule has 0 spiro atoms. The van der Waals surface area contributed by atoms with Crippen LogP contribution in [0.4, 0.5) is 11.4 Å². The quantitative estimate of drug-likeness (QED) is 0.508. The molecule has 0 bridgehead atoms. The highest BCUT2D eigenvalue weighted by atomic mass is 35.5. The van der Waals surface area contributed by atoms with Gasteiger partial charge in [0.2, 0.25) is 5.75 Å². The van der Waals surface area contributed by atoms with Gasteiger partial charge in [0, 0.05) is 22.9 Å². The fourth-order valence-corrected chi connectivity index (χ4v) is 2.20. The van der Waals surface area contributed by atoms with Gasteiger partial charge < -0.3 is 9.84 Å². The molecule has 22 heavy (non-hydrogen) atoms. The number of ether oxygens (including phenoxy) is 1. The second-order valence-corrected chi connectivity index (χ2v) is 5.04. The Labute approximate surface area is 135 Å². The molecule has 0 heterocycles. The van der Waals surface area contributed by atoms with Crippen LogP contribution in [-0.2, 0) is 0 Å². The van der Waals surface area contributed by atoms with Gasteiger partial charge in [-0.3, -0.25) is 15.1 Å². The number of halogens is 2. The van der Waals surface area contributed by atoms with Crippen LogP contribution in [0.5, 0.6) is 11.5 Å². The van der Waals surface area contributed by atoms with Crippen LogP contribution in [0.1, 0.15) is 5.56 Å². The number of rotatable bonds is 4. The summed E-state index contributed by atoms with van der Waals surface area (Å²) < 4.78 is 5.02. The molecular formula is C14H10Cl2N2O4. The largest absolute Gasteiger partial charge is 0.502 e. The van der Waals surface area contributed by atoms with Gasteiger partial charge in [0.1, 0.15) is 5.75 Å². The van der Waals surface area contributed by atoms with Crippen molar-refractivity contribution in [1.29, 1.82) is 0 Å². The molecule has 0 saturated carbocycles. The van der Waals surface area contributed by atoms with Crippen molar-refractivity contribution in [3.05, 3.63) is 56.1 Å². The first kappa shape index (κ1) is 16.1. The average molecular weight is 341 g/mol. The van der Waals surface area contributed by atoms with Crippen LogP contribution in [0.2, 0.25) is 10.0 Å². The summed E-state index contributed by atoms with van der Waals surface area (Å²) >= 11 is 11.8. The zero-order valence-corrected chi connectivity index (χ0v) is 12.8. The molecule has 1 N–H and O–H groups in total. The summed E-state index contributed by atoms with van der Waals surface area (Å²) in [7, 11) is 1.49. The highest BCUT2D eigenvalue weighted by molar-refractivity contribution is 6.32. The fourth-order valence-electron chi connectivity index (χ4n) is 1.72. The maximum atomic E-state index is 10.8. The van der Waals surface area contributed by atoms with Gasteiger partial charge in [0.25, 0.3) is 0 Å². The third-order valence-electron chi connectivity index (χ3n) is 2.77. The van der Waals surface area contributed by atoms with E-state index in [1.165, 1.54) is 19.4 Å². The number of nitro groups is 1. The highest BCUT2D eigenvalue weighted by Gasteiger charge is 2.17. The van der Waals surface area contributed by atoms with Crippen molar-refractivity contribution in [1.82, 2.24) is 0 Å². The van der Waals surface area contributed by atoms with Gasteiger partial charge in [-0.15, -0.1) is 0 Å². The molecule has 2 rings (SSSR count). The molecule has 0 amide bonds.